The van der Waals surface area contributed by atoms with Gasteiger partial charge in [0.2, 0.25) is 0 Å². The van der Waals surface area contributed by atoms with Crippen LogP contribution in [-0.2, 0) is 6.42 Å². The monoisotopic (exact) mass is 352 g/mol. The molecule has 5 heteroatoms. The van der Waals surface area contributed by atoms with E-state index >= 15 is 0 Å². The van der Waals surface area contributed by atoms with Crippen LogP contribution >= 0.6 is 15.9 Å². The smallest absolute Gasteiger partial charge is 0.170 e. The minimum absolute atomic E-state index is 0.910. The van der Waals surface area contributed by atoms with Gasteiger partial charge in [-0.2, -0.15) is 0 Å². The number of hydrogen-bond donors (Lipinski definition) is 0. The van der Waals surface area contributed by atoms with Gasteiger partial charge in [0.05, 0.1) is 17.1 Å². The third-order valence-corrected chi connectivity index (χ3v) is 5.02. The van der Waals surface area contributed by atoms with E-state index in [2.05, 4.69) is 72.0 Å². The first-order valence-electron chi connectivity index (χ1n) is 7.36. The number of benzene rings is 2. The number of hydrogen-bond acceptors (Lipinski definition) is 3. The molecule has 0 aliphatic carbocycles. The van der Waals surface area contributed by atoms with Crippen LogP contribution in [0.2, 0.25) is 0 Å². The van der Waals surface area contributed by atoms with E-state index < -0.39 is 0 Å². The molecular weight excluding hydrogens is 340 g/mol. The minimum atomic E-state index is 0.910. The van der Waals surface area contributed by atoms with E-state index in [1.807, 2.05) is 6.92 Å². The molecule has 0 radical (unpaired) electrons. The summed E-state index contributed by atoms with van der Waals surface area (Å²) in [5.74, 6) is 1.84. The predicted octanol–water partition coefficient (Wildman–Crippen LogP) is 4.01. The summed E-state index contributed by atoms with van der Waals surface area (Å²) in [4.78, 5) is 2.42. The van der Waals surface area contributed by atoms with Crippen molar-refractivity contribution >= 4 is 27.3 Å². The zero-order chi connectivity index (χ0) is 14.8. The molecule has 3 aromatic rings. The Morgan fingerprint density at radius 1 is 1.09 bits per heavy atom. The first-order chi connectivity index (χ1) is 10.7. The van der Waals surface area contributed by atoms with Crippen LogP contribution in [0.1, 0.15) is 11.4 Å². The van der Waals surface area contributed by atoms with Crippen molar-refractivity contribution in [3.63, 3.8) is 0 Å². The molecule has 22 heavy (non-hydrogen) atoms. The molecule has 2 aliphatic rings. The molecule has 0 atom stereocenters. The predicted molar refractivity (Wildman–Crippen MR) is 89.9 cm³/mol. The van der Waals surface area contributed by atoms with Gasteiger partial charge in [-0.1, -0.05) is 28.1 Å². The summed E-state index contributed by atoms with van der Waals surface area (Å²) in [7, 11) is 0. The zero-order valence-electron chi connectivity index (χ0n) is 12.0. The van der Waals surface area contributed by atoms with Crippen molar-refractivity contribution in [2.45, 2.75) is 13.3 Å². The van der Waals surface area contributed by atoms with Crippen molar-refractivity contribution in [3.8, 4) is 17.1 Å². The van der Waals surface area contributed by atoms with Gasteiger partial charge in [-0.25, -0.2) is 0 Å². The van der Waals surface area contributed by atoms with E-state index in [0.29, 0.717) is 0 Å². The quantitative estimate of drug-likeness (QED) is 0.612. The Morgan fingerprint density at radius 2 is 2.00 bits per heavy atom. The molecule has 108 valence electrons. The second-order valence-electron chi connectivity index (χ2n) is 5.75. The molecule has 0 bridgehead atoms. The maximum Gasteiger partial charge on any atom is 0.170 e. The third kappa shape index (κ3) is 1.47. The molecule has 1 aromatic heterocycles. The number of halogens is 1. The van der Waals surface area contributed by atoms with Crippen molar-refractivity contribution in [2.75, 3.05) is 11.4 Å². The Balaban J connectivity index is 1.98. The Labute approximate surface area is 136 Å². The molecule has 2 aromatic carbocycles. The van der Waals surface area contributed by atoms with Crippen molar-refractivity contribution in [1.82, 2.24) is 14.8 Å². The molecule has 0 amide bonds. The number of anilines is 2. The fourth-order valence-corrected chi connectivity index (χ4v) is 3.96. The summed E-state index contributed by atoms with van der Waals surface area (Å²) in [5.41, 5.74) is 6.20. The lowest BCUT2D eigenvalue weighted by molar-refractivity contribution is 0.952. The zero-order valence-corrected chi connectivity index (χ0v) is 13.6. The lowest BCUT2D eigenvalue weighted by Crippen LogP contribution is -2.14. The lowest BCUT2D eigenvalue weighted by Gasteiger charge is -2.21. The van der Waals surface area contributed by atoms with Gasteiger partial charge in [-0.3, -0.25) is 4.57 Å². The van der Waals surface area contributed by atoms with Gasteiger partial charge < -0.3 is 4.90 Å². The molecule has 0 N–H and O–H groups in total. The molecular formula is C17H13BrN4. The summed E-state index contributed by atoms with van der Waals surface area (Å²) in [5, 5.41) is 8.78. The minimum Gasteiger partial charge on any atom is -0.339 e. The first kappa shape index (κ1) is 12.4. The highest BCUT2D eigenvalue weighted by atomic mass is 79.9. The van der Waals surface area contributed by atoms with Crippen LogP contribution in [0.15, 0.2) is 40.9 Å². The number of rotatable bonds is 0. The molecule has 0 spiro atoms. The second-order valence-corrected chi connectivity index (χ2v) is 6.67. The van der Waals surface area contributed by atoms with Gasteiger partial charge in [-0.15, -0.1) is 10.2 Å². The maximum absolute atomic E-state index is 4.46. The van der Waals surface area contributed by atoms with Crippen molar-refractivity contribution in [1.29, 1.82) is 0 Å². The van der Waals surface area contributed by atoms with Gasteiger partial charge in [0.15, 0.2) is 5.82 Å². The number of aryl methyl sites for hydroxylation is 1. The number of nitrogens with zero attached hydrogens (tertiary/aromatic N) is 4. The molecule has 0 saturated carbocycles. The summed E-state index contributed by atoms with van der Waals surface area (Å²) < 4.78 is 3.23. The fourth-order valence-electron chi connectivity index (χ4n) is 3.61. The van der Waals surface area contributed by atoms with E-state index in [9.17, 15) is 0 Å². The normalized spacial score (nSPS) is 14.4. The van der Waals surface area contributed by atoms with E-state index in [1.54, 1.807) is 0 Å². The van der Waals surface area contributed by atoms with E-state index in [0.717, 1.165) is 34.8 Å². The number of fused-ring (bicyclic) bond motifs is 5. The largest absolute Gasteiger partial charge is 0.339 e. The topological polar surface area (TPSA) is 34.0 Å². The van der Waals surface area contributed by atoms with Crippen molar-refractivity contribution in [2.24, 2.45) is 0 Å². The highest BCUT2D eigenvalue weighted by Crippen LogP contribution is 2.47. The molecule has 0 fully saturated rings. The summed E-state index contributed by atoms with van der Waals surface area (Å²) in [6.07, 6.45) is 1.08. The summed E-state index contributed by atoms with van der Waals surface area (Å²) >= 11 is 3.60. The molecule has 4 nitrogen and oxygen atoms in total. The molecule has 0 unspecified atom stereocenters. The van der Waals surface area contributed by atoms with Crippen molar-refractivity contribution in [3.05, 3.63) is 52.3 Å². The van der Waals surface area contributed by atoms with Gasteiger partial charge >= 0.3 is 0 Å². The summed E-state index contributed by atoms with van der Waals surface area (Å²) in [6, 6.07) is 12.9. The number of para-hydroxylation sites is 1. The first-order valence-corrected chi connectivity index (χ1v) is 8.15. The van der Waals surface area contributed by atoms with Crippen LogP contribution in [0.25, 0.3) is 17.1 Å². The average Bonchev–Trinajstić information content (AvgIpc) is 3.07. The highest BCUT2D eigenvalue weighted by molar-refractivity contribution is 9.10. The van der Waals surface area contributed by atoms with Gasteiger partial charge in [0.1, 0.15) is 5.82 Å². The average molecular weight is 353 g/mol. The molecule has 3 heterocycles. The van der Waals surface area contributed by atoms with Crippen LogP contribution in [0, 0.1) is 6.92 Å². The van der Waals surface area contributed by atoms with E-state index in [1.165, 1.54) is 22.5 Å². The van der Waals surface area contributed by atoms with Gasteiger partial charge in [0.25, 0.3) is 0 Å². The maximum atomic E-state index is 4.46. The van der Waals surface area contributed by atoms with E-state index in [-0.39, 0.29) is 0 Å². The summed E-state index contributed by atoms with van der Waals surface area (Å²) in [6.45, 7) is 3.02. The fraction of sp³-hybridized carbons (Fsp3) is 0.176. The standard InChI is InChI=1S/C17H13BrN4/c1-10-19-20-17-13-4-2-3-11-7-8-21(16(11)13)14-6-5-12(18)9-15(14)22(10)17/h2-6,9H,7-8H2,1H3. The third-order valence-electron chi connectivity index (χ3n) is 4.53. The van der Waals surface area contributed by atoms with Gasteiger partial charge in [-0.05, 0) is 43.2 Å². The van der Waals surface area contributed by atoms with Crippen LogP contribution < -0.4 is 4.90 Å². The second kappa shape index (κ2) is 4.20. The van der Waals surface area contributed by atoms with Crippen LogP contribution in [0.5, 0.6) is 0 Å². The molecule has 2 aliphatic heterocycles. The van der Waals surface area contributed by atoms with E-state index in [4.69, 9.17) is 0 Å². The van der Waals surface area contributed by atoms with Gasteiger partial charge in [0, 0.05) is 16.6 Å². The van der Waals surface area contributed by atoms with Crippen molar-refractivity contribution < 1.29 is 0 Å². The number of aromatic nitrogens is 3. The molecule has 5 rings (SSSR count). The van der Waals surface area contributed by atoms with Crippen LogP contribution in [0.4, 0.5) is 11.4 Å². The van der Waals surface area contributed by atoms with Crippen LogP contribution in [-0.4, -0.2) is 21.3 Å². The Kier molecular flexibility index (Phi) is 2.37. The Bertz CT molecular complexity index is 928. The lowest BCUT2D eigenvalue weighted by atomic mass is 10.1. The molecule has 0 saturated heterocycles. The Hall–Kier alpha value is -2.14. The Morgan fingerprint density at radius 3 is 2.91 bits per heavy atom. The SMILES string of the molecule is Cc1nnc2n1-c1cc(Br)ccc1N1CCc3cccc-2c31. The highest BCUT2D eigenvalue weighted by Gasteiger charge is 2.32. The van der Waals surface area contributed by atoms with Crippen LogP contribution in [0.3, 0.4) is 0 Å².